The lowest BCUT2D eigenvalue weighted by atomic mass is 9.80. The minimum Gasteiger partial charge on any atom is -0.365 e. The van der Waals surface area contributed by atoms with Gasteiger partial charge < -0.3 is 31.1 Å². The summed E-state index contributed by atoms with van der Waals surface area (Å²) in [6.07, 6.45) is 4.24. The van der Waals surface area contributed by atoms with Gasteiger partial charge in [-0.2, -0.15) is 4.31 Å². The van der Waals surface area contributed by atoms with Gasteiger partial charge in [0.2, 0.25) is 15.9 Å². The average Bonchev–Trinajstić information content (AvgIpc) is 3.68. The number of halogens is 3. The van der Waals surface area contributed by atoms with Crippen molar-refractivity contribution in [1.29, 1.82) is 0 Å². The molecule has 3 atom stereocenters. The molecule has 3 saturated heterocycles. The molecule has 7 rings (SSSR count). The number of nitrogens with zero attached hydrogens (tertiary/aromatic N) is 5. The van der Waals surface area contributed by atoms with E-state index in [1.54, 1.807) is 21.9 Å². The summed E-state index contributed by atoms with van der Waals surface area (Å²) in [6.45, 7) is 1.88. The van der Waals surface area contributed by atoms with Crippen molar-refractivity contribution in [3.8, 4) is 0 Å². The quantitative estimate of drug-likeness (QED) is 0.244. The second kappa shape index (κ2) is 14.0. The molecule has 5 fully saturated rings. The number of nitrogens with one attached hydrogen (secondary N) is 1. The zero-order chi connectivity index (χ0) is 37.9. The van der Waals surface area contributed by atoms with Crippen molar-refractivity contribution in [3.63, 3.8) is 0 Å². The zero-order valence-electron chi connectivity index (χ0n) is 29.9. The molecule has 1 spiro atoms. The lowest BCUT2D eigenvalue weighted by Gasteiger charge is -2.37. The van der Waals surface area contributed by atoms with Crippen LogP contribution in [0.25, 0.3) is 0 Å². The highest BCUT2D eigenvalue weighted by Gasteiger charge is 2.62. The van der Waals surface area contributed by atoms with E-state index in [1.165, 1.54) is 28.6 Å². The van der Waals surface area contributed by atoms with Gasteiger partial charge in [-0.25, -0.2) is 22.2 Å². The smallest absolute Gasteiger partial charge is 0.278 e. The first-order valence-electron chi connectivity index (χ1n) is 18.4. The number of sulfonamides is 1. The molecule has 2 saturated carbocycles. The number of likely N-dealkylation sites (tertiary alicyclic amines) is 1. The molecule has 288 valence electrons. The largest absolute Gasteiger partial charge is 0.365 e. The number of pyridine rings is 1. The molecular formula is C36H48ClF2N8O5S+. The lowest BCUT2D eigenvalue weighted by molar-refractivity contribution is -0.906. The molecule has 2 aromatic rings. The first kappa shape index (κ1) is 37.9. The number of alkyl halides is 2. The van der Waals surface area contributed by atoms with Crippen LogP contribution in [0.2, 0.25) is 5.15 Å². The number of benzene rings is 1. The summed E-state index contributed by atoms with van der Waals surface area (Å²) in [6, 6.07) is 7.81. The molecular weight excluding hydrogens is 730 g/mol. The van der Waals surface area contributed by atoms with Crippen LogP contribution in [0.4, 0.5) is 20.3 Å². The summed E-state index contributed by atoms with van der Waals surface area (Å²) < 4.78 is 60.9. The fourth-order valence-electron chi connectivity index (χ4n) is 9.07. The van der Waals surface area contributed by atoms with Gasteiger partial charge in [0.15, 0.2) is 12.6 Å². The van der Waals surface area contributed by atoms with E-state index in [9.17, 15) is 22.8 Å². The van der Waals surface area contributed by atoms with E-state index in [0.717, 1.165) is 19.4 Å². The number of rotatable bonds is 10. The number of nitrogens with two attached hydrogens (primary N) is 2. The predicted octanol–water partition coefficient (Wildman–Crippen LogP) is 2.56. The summed E-state index contributed by atoms with van der Waals surface area (Å²) in [5, 5.41) is 3.04. The number of hydrogen-bond donors (Lipinski definition) is 3. The van der Waals surface area contributed by atoms with Crippen LogP contribution in [0.15, 0.2) is 41.3 Å². The van der Waals surface area contributed by atoms with Gasteiger partial charge in [0, 0.05) is 80.2 Å². The Morgan fingerprint density at radius 2 is 1.74 bits per heavy atom. The van der Waals surface area contributed by atoms with Crippen LogP contribution in [-0.2, 0) is 30.3 Å². The number of carbonyl (C=O) groups is 3. The van der Waals surface area contributed by atoms with Crippen LogP contribution in [0.5, 0.6) is 0 Å². The van der Waals surface area contributed by atoms with Crippen LogP contribution >= 0.6 is 11.6 Å². The highest BCUT2D eigenvalue weighted by atomic mass is 35.5. The summed E-state index contributed by atoms with van der Waals surface area (Å²) in [5.41, 5.74) is 11.9. The Morgan fingerprint density at radius 1 is 1.08 bits per heavy atom. The maximum atomic E-state index is 16.1. The third-order valence-corrected chi connectivity index (χ3v) is 14.2. The van der Waals surface area contributed by atoms with Gasteiger partial charge in [0.05, 0.1) is 18.5 Å². The van der Waals surface area contributed by atoms with Crippen molar-refractivity contribution in [2.24, 2.45) is 22.8 Å². The van der Waals surface area contributed by atoms with E-state index < -0.39 is 27.8 Å². The molecule has 1 aromatic heterocycles. The number of quaternary nitrogens is 1. The Bertz CT molecular complexity index is 1870. The Morgan fingerprint density at radius 3 is 2.32 bits per heavy atom. The van der Waals surface area contributed by atoms with Crippen LogP contribution < -0.4 is 26.6 Å². The minimum absolute atomic E-state index is 0.0761. The van der Waals surface area contributed by atoms with Gasteiger partial charge in [-0.1, -0.05) is 11.6 Å². The van der Waals surface area contributed by atoms with Crippen molar-refractivity contribution in [1.82, 2.24) is 14.6 Å². The van der Waals surface area contributed by atoms with Crippen molar-refractivity contribution in [2.75, 3.05) is 62.7 Å². The molecule has 1 aromatic carbocycles. The highest BCUT2D eigenvalue weighted by molar-refractivity contribution is 7.89. The average molecular weight is 778 g/mol. The van der Waals surface area contributed by atoms with Gasteiger partial charge >= 0.3 is 0 Å². The molecule has 0 bridgehead atoms. The van der Waals surface area contributed by atoms with E-state index in [0.29, 0.717) is 31.5 Å². The van der Waals surface area contributed by atoms with Gasteiger partial charge in [-0.05, 0) is 74.9 Å². The molecule has 3 amide bonds. The number of aromatic nitrogens is 1. The normalized spacial score (nSPS) is 29.1. The topological polar surface area (TPSA) is 172 Å². The molecule has 2 aliphatic carbocycles. The van der Waals surface area contributed by atoms with Crippen molar-refractivity contribution in [2.45, 2.75) is 80.3 Å². The second-order valence-electron chi connectivity index (χ2n) is 16.1. The van der Waals surface area contributed by atoms with E-state index in [4.69, 9.17) is 23.1 Å². The zero-order valence-corrected chi connectivity index (χ0v) is 31.4. The Labute approximate surface area is 313 Å². The highest BCUT2D eigenvalue weighted by Crippen LogP contribution is 2.57. The standard InChI is InChI=1S/C36H47ClF2N8O5S/c1-47(21-31(41)48)22-35(10-11-35)19-29(47)34(50)42-26-4-2-23(3-5-26)36(38,39)24-16-30(37)43-32(17-24)44-12-14-45(15-13-44)53(51,52)28-8-6-27(7-9-28)46-20-25(40)18-33(46)49/h6-9,16-17,23,25-26,29H,2-5,10-15,18-22,40H2,1H3,(H2-,41,42,48,50)/p+1/t23-,25-,26-,29+,47-/m1/s1. The summed E-state index contributed by atoms with van der Waals surface area (Å²) in [5.74, 6) is -4.60. The number of amides is 3. The second-order valence-corrected chi connectivity index (χ2v) is 18.4. The van der Waals surface area contributed by atoms with Crippen LogP contribution in [0, 0.1) is 11.3 Å². The number of hydrogen-bond acceptors (Lipinski definition) is 8. The van der Waals surface area contributed by atoms with Gasteiger partial charge in [0.25, 0.3) is 17.7 Å². The van der Waals surface area contributed by atoms with Gasteiger partial charge in [-0.15, -0.1) is 0 Å². The van der Waals surface area contributed by atoms with E-state index >= 15 is 8.78 Å². The fourth-order valence-corrected chi connectivity index (χ4v) is 10.7. The van der Waals surface area contributed by atoms with Crippen molar-refractivity contribution < 1.29 is 36.1 Å². The SMILES string of the molecule is C[N@@+]1(CC(N)=O)CC2(CC2)C[C@H]1C(=O)N[C@H]1CC[C@H](C(F)(F)c2cc(Cl)nc(N3CCN(S(=O)(=O)c4ccc(N5C[C@H](N)CC5=O)cc4)CC3)c2)CC1. The van der Waals surface area contributed by atoms with E-state index in [1.807, 2.05) is 7.05 Å². The third kappa shape index (κ3) is 7.62. The Balaban J connectivity index is 0.948. The van der Waals surface area contributed by atoms with Gasteiger partial charge in [-0.3, -0.25) is 14.4 Å². The molecule has 53 heavy (non-hydrogen) atoms. The first-order chi connectivity index (χ1) is 25.0. The minimum atomic E-state index is -3.85. The molecule has 3 aliphatic heterocycles. The lowest BCUT2D eigenvalue weighted by Crippen LogP contribution is -2.59. The maximum Gasteiger partial charge on any atom is 0.278 e. The third-order valence-electron chi connectivity index (χ3n) is 12.1. The van der Waals surface area contributed by atoms with Crippen molar-refractivity contribution in [3.05, 3.63) is 47.1 Å². The number of carbonyl (C=O) groups excluding carboxylic acids is 3. The first-order valence-corrected chi connectivity index (χ1v) is 20.2. The van der Waals surface area contributed by atoms with E-state index in [2.05, 4.69) is 10.3 Å². The molecule has 17 heteroatoms. The molecule has 5 N–H and O–H groups in total. The molecule has 0 radical (unpaired) electrons. The van der Waals surface area contributed by atoms with Crippen molar-refractivity contribution >= 4 is 50.9 Å². The molecule has 0 unspecified atom stereocenters. The number of primary amides is 1. The van der Waals surface area contributed by atoms with Crippen LogP contribution in [0.3, 0.4) is 0 Å². The number of piperazine rings is 1. The summed E-state index contributed by atoms with van der Waals surface area (Å²) in [7, 11) is -1.94. The van der Waals surface area contributed by atoms with Crippen LogP contribution in [-0.4, -0.2) is 111 Å². The maximum absolute atomic E-state index is 16.1. The number of likely N-dealkylation sites (N-methyl/N-ethyl adjacent to an activating group) is 1. The fraction of sp³-hybridized carbons (Fsp3) is 0.611. The molecule has 13 nitrogen and oxygen atoms in total. The Kier molecular flexibility index (Phi) is 10.0. The number of anilines is 2. The predicted molar refractivity (Wildman–Crippen MR) is 195 cm³/mol. The van der Waals surface area contributed by atoms with E-state index in [-0.39, 0.29) is 113 Å². The molecule has 5 aliphatic rings. The Hall–Kier alpha value is -3.44. The monoisotopic (exact) mass is 777 g/mol. The molecule has 4 heterocycles. The van der Waals surface area contributed by atoms with Gasteiger partial charge in [0.1, 0.15) is 11.0 Å². The summed E-state index contributed by atoms with van der Waals surface area (Å²) >= 11 is 6.31. The van der Waals surface area contributed by atoms with Crippen LogP contribution in [0.1, 0.15) is 56.9 Å². The summed E-state index contributed by atoms with van der Waals surface area (Å²) in [4.78, 5) is 45.2.